The molecule has 0 saturated heterocycles. The lowest BCUT2D eigenvalue weighted by atomic mass is 10.0. The molecule has 3 nitrogen and oxygen atoms in total. The highest BCUT2D eigenvalue weighted by molar-refractivity contribution is 5.40. The summed E-state index contributed by atoms with van der Waals surface area (Å²) in [6, 6.07) is 16.0. The molecule has 0 bridgehead atoms. The van der Waals surface area contributed by atoms with E-state index < -0.39 is 6.10 Å². The molecule has 21 heavy (non-hydrogen) atoms. The number of methoxy groups -OCH3 is 2. The van der Waals surface area contributed by atoms with Crippen molar-refractivity contribution in [2.24, 2.45) is 5.92 Å². The molecule has 0 aliphatic heterocycles. The Bertz CT molecular complexity index is 587. The molecule has 0 spiro atoms. The third kappa shape index (κ3) is 2.88. The predicted molar refractivity (Wildman–Crippen MR) is 81.8 cm³/mol. The van der Waals surface area contributed by atoms with Crippen LogP contribution in [0.25, 0.3) is 0 Å². The highest BCUT2D eigenvalue weighted by Crippen LogP contribution is 2.54. The van der Waals surface area contributed by atoms with E-state index in [1.807, 2.05) is 36.4 Å². The number of ether oxygens (including phenoxy) is 2. The van der Waals surface area contributed by atoms with E-state index in [4.69, 9.17) is 9.47 Å². The SMILES string of the molecule is COc1cc(OC)cc(C(O)C2CC2c2ccccc2)c1. The van der Waals surface area contributed by atoms with Crippen molar-refractivity contribution in [2.45, 2.75) is 18.4 Å². The Hall–Kier alpha value is -2.00. The van der Waals surface area contributed by atoms with Crippen molar-refractivity contribution in [3.05, 3.63) is 59.7 Å². The second-order valence-corrected chi connectivity index (χ2v) is 5.51. The summed E-state index contributed by atoms with van der Waals surface area (Å²) in [6.07, 6.45) is 0.532. The van der Waals surface area contributed by atoms with Gasteiger partial charge in [0, 0.05) is 6.07 Å². The number of rotatable bonds is 5. The largest absolute Gasteiger partial charge is 0.497 e. The zero-order valence-electron chi connectivity index (χ0n) is 12.3. The van der Waals surface area contributed by atoms with Crippen LogP contribution >= 0.6 is 0 Å². The molecular weight excluding hydrogens is 264 g/mol. The van der Waals surface area contributed by atoms with Crippen LogP contribution < -0.4 is 9.47 Å². The average Bonchev–Trinajstić information content (AvgIpc) is 3.35. The van der Waals surface area contributed by atoms with Crippen LogP contribution in [0, 0.1) is 5.92 Å². The molecule has 1 saturated carbocycles. The fourth-order valence-electron chi connectivity index (χ4n) is 2.89. The van der Waals surface area contributed by atoms with Crippen LogP contribution in [0.15, 0.2) is 48.5 Å². The quantitative estimate of drug-likeness (QED) is 0.912. The third-order valence-corrected chi connectivity index (χ3v) is 4.19. The summed E-state index contributed by atoms with van der Waals surface area (Å²) in [5.74, 6) is 2.13. The van der Waals surface area contributed by atoms with Crippen molar-refractivity contribution < 1.29 is 14.6 Å². The summed E-state index contributed by atoms with van der Waals surface area (Å²) < 4.78 is 10.5. The van der Waals surface area contributed by atoms with Crippen molar-refractivity contribution in [3.8, 4) is 11.5 Å². The van der Waals surface area contributed by atoms with E-state index in [0.29, 0.717) is 17.4 Å². The van der Waals surface area contributed by atoms with E-state index >= 15 is 0 Å². The molecule has 3 unspecified atom stereocenters. The standard InChI is InChI=1S/C18H20O3/c1-20-14-8-13(9-15(10-14)21-2)18(19)17-11-16(17)12-6-4-3-5-7-12/h3-10,16-19H,11H2,1-2H3. The van der Waals surface area contributed by atoms with Gasteiger partial charge in [0.05, 0.1) is 20.3 Å². The Balaban J connectivity index is 1.79. The van der Waals surface area contributed by atoms with Gasteiger partial charge in [-0.2, -0.15) is 0 Å². The maximum absolute atomic E-state index is 10.6. The van der Waals surface area contributed by atoms with E-state index in [1.54, 1.807) is 14.2 Å². The van der Waals surface area contributed by atoms with Gasteiger partial charge in [-0.15, -0.1) is 0 Å². The summed E-state index contributed by atoms with van der Waals surface area (Å²) in [5, 5.41) is 10.6. The first-order valence-corrected chi connectivity index (χ1v) is 7.19. The highest BCUT2D eigenvalue weighted by atomic mass is 16.5. The first kappa shape index (κ1) is 14.0. The number of hydrogen-bond donors (Lipinski definition) is 1. The van der Waals surface area contributed by atoms with Gasteiger partial charge in [-0.25, -0.2) is 0 Å². The number of hydrogen-bond acceptors (Lipinski definition) is 3. The molecule has 3 rings (SSSR count). The normalized spacial score (nSPS) is 21.7. The lowest BCUT2D eigenvalue weighted by Gasteiger charge is -2.14. The predicted octanol–water partition coefficient (Wildman–Crippen LogP) is 3.54. The van der Waals surface area contributed by atoms with E-state index in [0.717, 1.165) is 12.0 Å². The number of aliphatic hydroxyl groups excluding tert-OH is 1. The summed E-state index contributed by atoms with van der Waals surface area (Å²) in [5.41, 5.74) is 2.16. The zero-order valence-corrected chi connectivity index (χ0v) is 12.3. The Kier molecular flexibility index (Phi) is 3.84. The van der Waals surface area contributed by atoms with Gasteiger partial charge in [0.2, 0.25) is 0 Å². The Morgan fingerprint density at radius 1 is 1.00 bits per heavy atom. The maximum Gasteiger partial charge on any atom is 0.122 e. The Morgan fingerprint density at radius 2 is 1.62 bits per heavy atom. The minimum Gasteiger partial charge on any atom is -0.497 e. The van der Waals surface area contributed by atoms with Gasteiger partial charge in [0.25, 0.3) is 0 Å². The monoisotopic (exact) mass is 284 g/mol. The fourth-order valence-corrected chi connectivity index (χ4v) is 2.89. The lowest BCUT2D eigenvalue weighted by Crippen LogP contribution is -2.02. The van der Waals surface area contributed by atoms with E-state index in [9.17, 15) is 5.11 Å². The molecule has 1 aliphatic rings. The molecule has 1 fully saturated rings. The summed E-state index contributed by atoms with van der Waals surface area (Å²) in [7, 11) is 3.24. The first-order chi connectivity index (χ1) is 10.2. The van der Waals surface area contributed by atoms with Gasteiger partial charge < -0.3 is 14.6 Å². The molecule has 3 atom stereocenters. The van der Waals surface area contributed by atoms with Crippen LogP contribution in [0.4, 0.5) is 0 Å². The van der Waals surface area contributed by atoms with Crippen molar-refractivity contribution >= 4 is 0 Å². The van der Waals surface area contributed by atoms with E-state index in [1.165, 1.54) is 5.56 Å². The second kappa shape index (κ2) is 5.78. The average molecular weight is 284 g/mol. The van der Waals surface area contributed by atoms with Crippen LogP contribution in [0.2, 0.25) is 0 Å². The van der Waals surface area contributed by atoms with Crippen molar-refractivity contribution in [3.63, 3.8) is 0 Å². The van der Waals surface area contributed by atoms with Crippen molar-refractivity contribution in [2.75, 3.05) is 14.2 Å². The number of aliphatic hydroxyl groups is 1. The third-order valence-electron chi connectivity index (χ3n) is 4.19. The van der Waals surface area contributed by atoms with Crippen molar-refractivity contribution in [1.82, 2.24) is 0 Å². The van der Waals surface area contributed by atoms with Crippen LogP contribution in [0.5, 0.6) is 11.5 Å². The molecule has 0 amide bonds. The first-order valence-electron chi connectivity index (χ1n) is 7.19. The van der Waals surface area contributed by atoms with E-state index in [-0.39, 0.29) is 5.92 Å². The molecule has 1 aliphatic carbocycles. The van der Waals surface area contributed by atoms with Crippen LogP contribution in [-0.2, 0) is 0 Å². The fraction of sp³-hybridized carbons (Fsp3) is 0.333. The highest BCUT2D eigenvalue weighted by Gasteiger charge is 2.43. The summed E-state index contributed by atoms with van der Waals surface area (Å²) in [6.45, 7) is 0. The molecule has 2 aromatic carbocycles. The minimum atomic E-state index is -0.487. The van der Waals surface area contributed by atoms with Crippen LogP contribution in [0.1, 0.15) is 29.6 Å². The molecular formula is C18H20O3. The van der Waals surface area contributed by atoms with Gasteiger partial charge in [0.1, 0.15) is 11.5 Å². The smallest absolute Gasteiger partial charge is 0.122 e. The van der Waals surface area contributed by atoms with Crippen LogP contribution in [0.3, 0.4) is 0 Å². The molecule has 0 aromatic heterocycles. The van der Waals surface area contributed by atoms with Gasteiger partial charge in [-0.3, -0.25) is 0 Å². The molecule has 3 heteroatoms. The van der Waals surface area contributed by atoms with E-state index in [2.05, 4.69) is 12.1 Å². The molecule has 0 heterocycles. The summed E-state index contributed by atoms with van der Waals surface area (Å²) in [4.78, 5) is 0. The van der Waals surface area contributed by atoms with Gasteiger partial charge in [-0.05, 0) is 41.5 Å². The number of benzene rings is 2. The molecule has 2 aromatic rings. The van der Waals surface area contributed by atoms with Gasteiger partial charge in [-0.1, -0.05) is 30.3 Å². The topological polar surface area (TPSA) is 38.7 Å². The maximum atomic E-state index is 10.6. The Morgan fingerprint density at radius 3 is 2.19 bits per heavy atom. The second-order valence-electron chi connectivity index (χ2n) is 5.51. The molecule has 1 N–H and O–H groups in total. The minimum absolute atomic E-state index is 0.268. The van der Waals surface area contributed by atoms with Crippen molar-refractivity contribution in [1.29, 1.82) is 0 Å². The molecule has 0 radical (unpaired) electrons. The van der Waals surface area contributed by atoms with Gasteiger partial charge >= 0.3 is 0 Å². The van der Waals surface area contributed by atoms with Crippen LogP contribution in [-0.4, -0.2) is 19.3 Å². The lowest BCUT2D eigenvalue weighted by molar-refractivity contribution is 0.150. The van der Waals surface area contributed by atoms with Gasteiger partial charge in [0.15, 0.2) is 0 Å². The molecule has 110 valence electrons. The summed E-state index contributed by atoms with van der Waals surface area (Å²) >= 11 is 0. The Labute approximate surface area is 125 Å². The zero-order chi connectivity index (χ0) is 14.8.